The number of ether oxygens (including phenoxy) is 1. The predicted molar refractivity (Wildman–Crippen MR) is 81.6 cm³/mol. The Balaban J connectivity index is 2.34. The third-order valence-corrected chi connectivity index (χ3v) is 2.89. The molecular weight excluding hydrogens is 271 g/mol. The highest BCUT2D eigenvalue weighted by Gasteiger charge is 2.16. The molecule has 4 nitrogen and oxygen atoms in total. The molecular formula is C16H25FN2O2. The van der Waals surface area contributed by atoms with E-state index < -0.39 is 11.7 Å². The average molecular weight is 296 g/mol. The van der Waals surface area contributed by atoms with Crippen LogP contribution in [0.2, 0.25) is 0 Å². The first-order chi connectivity index (χ1) is 9.80. The number of hydrogen-bond donors (Lipinski definition) is 2. The summed E-state index contributed by atoms with van der Waals surface area (Å²) in [6.45, 7) is 8.66. The van der Waals surface area contributed by atoms with Crippen molar-refractivity contribution >= 4 is 6.09 Å². The number of amides is 1. The second-order valence-corrected chi connectivity index (χ2v) is 6.00. The minimum absolute atomic E-state index is 0.141. The highest BCUT2D eigenvalue weighted by atomic mass is 19.1. The molecule has 0 aliphatic heterocycles. The van der Waals surface area contributed by atoms with Crippen LogP contribution in [0.25, 0.3) is 0 Å². The molecule has 1 unspecified atom stereocenters. The van der Waals surface area contributed by atoms with Crippen molar-refractivity contribution in [3.8, 4) is 0 Å². The van der Waals surface area contributed by atoms with E-state index in [2.05, 4.69) is 10.6 Å². The van der Waals surface area contributed by atoms with Gasteiger partial charge in [0.1, 0.15) is 11.4 Å². The molecule has 0 aliphatic rings. The van der Waals surface area contributed by atoms with Crippen LogP contribution in [-0.4, -0.2) is 24.3 Å². The van der Waals surface area contributed by atoms with Crippen LogP contribution >= 0.6 is 0 Å². The highest BCUT2D eigenvalue weighted by molar-refractivity contribution is 5.67. The second-order valence-electron chi connectivity index (χ2n) is 6.00. The van der Waals surface area contributed by atoms with Crippen LogP contribution in [0.5, 0.6) is 0 Å². The summed E-state index contributed by atoms with van der Waals surface area (Å²) in [6, 6.07) is 6.52. The molecule has 0 saturated carbocycles. The van der Waals surface area contributed by atoms with Gasteiger partial charge in [0.05, 0.1) is 0 Å². The largest absolute Gasteiger partial charge is 0.444 e. The molecule has 0 aromatic heterocycles. The van der Waals surface area contributed by atoms with Gasteiger partial charge >= 0.3 is 6.09 Å². The fraction of sp³-hybridized carbons (Fsp3) is 0.562. The molecule has 1 aromatic rings. The molecule has 0 aliphatic carbocycles. The first-order valence-corrected chi connectivity index (χ1v) is 7.25. The summed E-state index contributed by atoms with van der Waals surface area (Å²) in [6.07, 6.45) is 0.460. The van der Waals surface area contributed by atoms with Gasteiger partial charge in [-0.2, -0.15) is 0 Å². The number of rotatable bonds is 6. The van der Waals surface area contributed by atoms with Crippen molar-refractivity contribution in [2.45, 2.75) is 52.3 Å². The molecule has 2 N–H and O–H groups in total. The van der Waals surface area contributed by atoms with Crippen molar-refractivity contribution in [2.24, 2.45) is 0 Å². The standard InChI is InChI=1S/C16H25FN2O2/c1-5-14(11-19-15(20)21-16(2,3)4)18-10-12-6-8-13(17)9-7-12/h6-9,14,18H,5,10-11H2,1-4H3,(H,19,20). The molecule has 1 atom stereocenters. The monoisotopic (exact) mass is 296 g/mol. The smallest absolute Gasteiger partial charge is 0.407 e. The zero-order valence-corrected chi connectivity index (χ0v) is 13.2. The maximum atomic E-state index is 12.8. The quantitative estimate of drug-likeness (QED) is 0.847. The van der Waals surface area contributed by atoms with Crippen LogP contribution < -0.4 is 10.6 Å². The minimum atomic E-state index is -0.493. The Bertz CT molecular complexity index is 441. The van der Waals surface area contributed by atoms with Gasteiger partial charge in [0.15, 0.2) is 0 Å². The van der Waals surface area contributed by atoms with Crippen LogP contribution in [0.15, 0.2) is 24.3 Å². The van der Waals surface area contributed by atoms with Gasteiger partial charge in [-0.1, -0.05) is 19.1 Å². The van der Waals surface area contributed by atoms with Gasteiger partial charge in [-0.15, -0.1) is 0 Å². The van der Waals surface area contributed by atoms with Crippen molar-refractivity contribution in [1.82, 2.24) is 10.6 Å². The second kappa shape index (κ2) is 7.98. The lowest BCUT2D eigenvalue weighted by atomic mass is 10.2. The molecule has 1 aromatic carbocycles. The Labute approximate surface area is 126 Å². The van der Waals surface area contributed by atoms with Crippen molar-refractivity contribution in [1.29, 1.82) is 0 Å². The summed E-state index contributed by atoms with van der Waals surface area (Å²) >= 11 is 0. The molecule has 0 radical (unpaired) electrons. The van der Waals surface area contributed by atoms with Gasteiger partial charge in [0.2, 0.25) is 0 Å². The summed E-state index contributed by atoms with van der Waals surface area (Å²) in [5.41, 5.74) is 0.514. The van der Waals surface area contributed by atoms with E-state index in [4.69, 9.17) is 4.74 Å². The number of alkyl carbamates (subject to hydrolysis) is 1. The Morgan fingerprint density at radius 2 is 1.90 bits per heavy atom. The zero-order chi connectivity index (χ0) is 15.9. The minimum Gasteiger partial charge on any atom is -0.444 e. The fourth-order valence-corrected chi connectivity index (χ4v) is 1.75. The predicted octanol–water partition coefficient (Wildman–Crippen LogP) is 3.22. The van der Waals surface area contributed by atoms with E-state index in [9.17, 15) is 9.18 Å². The lowest BCUT2D eigenvalue weighted by Crippen LogP contribution is -2.42. The van der Waals surface area contributed by atoms with Gasteiger partial charge in [0.25, 0.3) is 0 Å². The SMILES string of the molecule is CCC(CNC(=O)OC(C)(C)C)NCc1ccc(F)cc1. The summed E-state index contributed by atoms with van der Waals surface area (Å²) < 4.78 is 18.0. The Kier molecular flexibility index (Phi) is 6.62. The molecule has 0 bridgehead atoms. The summed E-state index contributed by atoms with van der Waals surface area (Å²) in [5.74, 6) is -0.239. The molecule has 118 valence electrons. The van der Waals surface area contributed by atoms with Crippen LogP contribution in [0.1, 0.15) is 39.7 Å². The Morgan fingerprint density at radius 1 is 1.29 bits per heavy atom. The summed E-state index contributed by atoms with van der Waals surface area (Å²) in [5, 5.41) is 6.08. The Hall–Kier alpha value is -1.62. The van der Waals surface area contributed by atoms with E-state index in [0.717, 1.165) is 12.0 Å². The third-order valence-electron chi connectivity index (χ3n) is 2.89. The topological polar surface area (TPSA) is 50.4 Å². The van der Waals surface area contributed by atoms with Gasteiger partial charge in [-0.3, -0.25) is 0 Å². The first kappa shape index (κ1) is 17.4. The number of carbonyl (C=O) groups excluding carboxylic acids is 1. The fourth-order valence-electron chi connectivity index (χ4n) is 1.75. The molecule has 0 fully saturated rings. The first-order valence-electron chi connectivity index (χ1n) is 7.25. The van der Waals surface area contributed by atoms with Gasteiger partial charge in [0, 0.05) is 19.1 Å². The number of benzene rings is 1. The summed E-state index contributed by atoms with van der Waals surface area (Å²) in [7, 11) is 0. The number of carbonyl (C=O) groups is 1. The van der Waals surface area contributed by atoms with E-state index in [-0.39, 0.29) is 11.9 Å². The lowest BCUT2D eigenvalue weighted by Gasteiger charge is -2.22. The third kappa shape index (κ3) is 7.66. The van der Waals surface area contributed by atoms with E-state index in [0.29, 0.717) is 13.1 Å². The van der Waals surface area contributed by atoms with Gasteiger partial charge in [-0.25, -0.2) is 9.18 Å². The molecule has 1 amide bonds. The van der Waals surface area contributed by atoms with Gasteiger partial charge < -0.3 is 15.4 Å². The van der Waals surface area contributed by atoms with Crippen molar-refractivity contribution in [3.63, 3.8) is 0 Å². The molecule has 1 rings (SSSR count). The number of halogens is 1. The highest BCUT2D eigenvalue weighted by Crippen LogP contribution is 2.07. The van der Waals surface area contributed by atoms with Crippen LogP contribution in [0.3, 0.4) is 0 Å². The maximum absolute atomic E-state index is 12.8. The van der Waals surface area contributed by atoms with E-state index >= 15 is 0 Å². The van der Waals surface area contributed by atoms with Crippen molar-refractivity contribution in [3.05, 3.63) is 35.6 Å². The molecule has 0 heterocycles. The van der Waals surface area contributed by atoms with Gasteiger partial charge in [-0.05, 0) is 44.9 Å². The van der Waals surface area contributed by atoms with E-state index in [1.54, 1.807) is 12.1 Å². The molecule has 5 heteroatoms. The maximum Gasteiger partial charge on any atom is 0.407 e. The van der Waals surface area contributed by atoms with E-state index in [1.807, 2.05) is 27.7 Å². The molecule has 21 heavy (non-hydrogen) atoms. The number of nitrogens with one attached hydrogen (secondary N) is 2. The summed E-state index contributed by atoms with van der Waals surface area (Å²) in [4.78, 5) is 11.6. The van der Waals surface area contributed by atoms with Crippen LogP contribution in [0, 0.1) is 5.82 Å². The molecule has 0 saturated heterocycles. The van der Waals surface area contributed by atoms with Crippen molar-refractivity contribution in [2.75, 3.05) is 6.54 Å². The lowest BCUT2D eigenvalue weighted by molar-refractivity contribution is 0.0522. The van der Waals surface area contributed by atoms with Crippen molar-refractivity contribution < 1.29 is 13.9 Å². The van der Waals surface area contributed by atoms with Crippen LogP contribution in [-0.2, 0) is 11.3 Å². The normalized spacial score (nSPS) is 12.8. The Morgan fingerprint density at radius 3 is 2.43 bits per heavy atom. The number of hydrogen-bond acceptors (Lipinski definition) is 3. The average Bonchev–Trinajstić information content (AvgIpc) is 2.39. The zero-order valence-electron chi connectivity index (χ0n) is 13.2. The molecule has 0 spiro atoms. The van der Waals surface area contributed by atoms with E-state index in [1.165, 1.54) is 12.1 Å². The van der Waals surface area contributed by atoms with Crippen LogP contribution in [0.4, 0.5) is 9.18 Å².